The van der Waals surface area contributed by atoms with E-state index in [0.29, 0.717) is 11.9 Å². The standard InChI is InChI=1S/C16H24N8/c1-11-8-13(19-16-20-15(17)21-22-16)9-18-14(11)24-6-4-23(5-7-24)10-12-2-3-12/h8-9,12H,2-7,10H2,1H3,(H4,17,19,20,21,22). The number of aryl methyl sites for hydroxylation is 1. The Morgan fingerprint density at radius 1 is 1.29 bits per heavy atom. The van der Waals surface area contributed by atoms with Gasteiger partial charge in [-0.15, -0.1) is 5.10 Å². The maximum absolute atomic E-state index is 5.53. The number of nitrogens with zero attached hydrogens (tertiary/aromatic N) is 5. The van der Waals surface area contributed by atoms with E-state index in [9.17, 15) is 0 Å². The highest BCUT2D eigenvalue weighted by Crippen LogP contribution is 2.30. The summed E-state index contributed by atoms with van der Waals surface area (Å²) in [6.07, 6.45) is 4.67. The molecule has 0 aromatic carbocycles. The number of nitrogens with two attached hydrogens (primary N) is 1. The van der Waals surface area contributed by atoms with Gasteiger partial charge in [-0.3, -0.25) is 4.90 Å². The molecule has 4 rings (SSSR count). The molecule has 1 saturated carbocycles. The van der Waals surface area contributed by atoms with Crippen LogP contribution >= 0.6 is 0 Å². The van der Waals surface area contributed by atoms with Crippen LogP contribution in [0.3, 0.4) is 0 Å². The molecule has 2 aliphatic rings. The number of aromatic amines is 1. The summed E-state index contributed by atoms with van der Waals surface area (Å²) >= 11 is 0. The normalized spacial score (nSPS) is 18.8. The summed E-state index contributed by atoms with van der Waals surface area (Å²) in [5.74, 6) is 2.78. The highest BCUT2D eigenvalue weighted by Gasteiger charge is 2.27. The van der Waals surface area contributed by atoms with Crippen molar-refractivity contribution in [3.05, 3.63) is 17.8 Å². The first-order valence-electron chi connectivity index (χ1n) is 8.56. The number of rotatable bonds is 5. The van der Waals surface area contributed by atoms with E-state index < -0.39 is 0 Å². The molecule has 0 unspecified atom stereocenters. The fourth-order valence-corrected chi connectivity index (χ4v) is 3.23. The minimum atomic E-state index is 0.294. The van der Waals surface area contributed by atoms with Crippen LogP contribution in [0, 0.1) is 12.8 Å². The summed E-state index contributed by atoms with van der Waals surface area (Å²) in [5, 5.41) is 9.69. The molecule has 4 N–H and O–H groups in total. The lowest BCUT2D eigenvalue weighted by Crippen LogP contribution is -2.47. The van der Waals surface area contributed by atoms with Crippen molar-refractivity contribution in [2.45, 2.75) is 19.8 Å². The first kappa shape index (κ1) is 15.2. The van der Waals surface area contributed by atoms with Gasteiger partial charge >= 0.3 is 0 Å². The molecule has 2 aromatic heterocycles. The molecule has 1 aliphatic heterocycles. The average Bonchev–Trinajstić information content (AvgIpc) is 3.29. The predicted molar refractivity (Wildman–Crippen MR) is 94.4 cm³/mol. The molecule has 8 heteroatoms. The summed E-state index contributed by atoms with van der Waals surface area (Å²) in [4.78, 5) is 13.7. The zero-order valence-electron chi connectivity index (χ0n) is 14.0. The smallest absolute Gasteiger partial charge is 0.248 e. The van der Waals surface area contributed by atoms with Crippen molar-refractivity contribution in [1.29, 1.82) is 0 Å². The largest absolute Gasteiger partial charge is 0.368 e. The Balaban J connectivity index is 1.38. The van der Waals surface area contributed by atoms with Crippen LogP contribution in [0.2, 0.25) is 0 Å². The number of piperazine rings is 1. The van der Waals surface area contributed by atoms with E-state index >= 15 is 0 Å². The SMILES string of the molecule is Cc1cc(Nc2n[nH]c(N)n2)cnc1N1CCN(CC2CC2)CC1. The molecular formula is C16H24N8. The van der Waals surface area contributed by atoms with Crippen LogP contribution < -0.4 is 16.0 Å². The van der Waals surface area contributed by atoms with Gasteiger partial charge in [-0.05, 0) is 37.3 Å². The van der Waals surface area contributed by atoms with Crippen LogP contribution in [0.5, 0.6) is 0 Å². The van der Waals surface area contributed by atoms with Crippen molar-refractivity contribution in [2.75, 3.05) is 48.7 Å². The van der Waals surface area contributed by atoms with E-state index in [1.807, 2.05) is 6.20 Å². The number of hydrogen-bond acceptors (Lipinski definition) is 7. The molecular weight excluding hydrogens is 304 g/mol. The van der Waals surface area contributed by atoms with Gasteiger partial charge in [0.25, 0.3) is 0 Å². The summed E-state index contributed by atoms with van der Waals surface area (Å²) in [5.41, 5.74) is 7.55. The zero-order valence-corrected chi connectivity index (χ0v) is 14.0. The summed E-state index contributed by atoms with van der Waals surface area (Å²) < 4.78 is 0. The van der Waals surface area contributed by atoms with Crippen molar-refractivity contribution in [3.63, 3.8) is 0 Å². The number of anilines is 4. The third kappa shape index (κ3) is 3.43. The molecule has 0 amide bonds. The topological polar surface area (TPSA) is 99.0 Å². The van der Waals surface area contributed by atoms with E-state index in [0.717, 1.165) is 49.2 Å². The molecule has 0 bridgehead atoms. The third-order valence-electron chi connectivity index (χ3n) is 4.69. The molecule has 2 fully saturated rings. The van der Waals surface area contributed by atoms with E-state index in [1.54, 1.807) is 0 Å². The van der Waals surface area contributed by atoms with E-state index in [1.165, 1.54) is 19.4 Å². The fraction of sp³-hybridized carbons (Fsp3) is 0.562. The van der Waals surface area contributed by atoms with Crippen LogP contribution in [-0.2, 0) is 0 Å². The highest BCUT2D eigenvalue weighted by molar-refractivity contribution is 5.59. The van der Waals surface area contributed by atoms with Crippen LogP contribution in [0.4, 0.5) is 23.4 Å². The van der Waals surface area contributed by atoms with Gasteiger partial charge < -0.3 is 16.0 Å². The molecule has 2 aromatic rings. The number of hydrogen-bond donors (Lipinski definition) is 3. The van der Waals surface area contributed by atoms with Gasteiger partial charge in [0.15, 0.2) is 0 Å². The monoisotopic (exact) mass is 328 g/mol. The maximum atomic E-state index is 5.53. The Morgan fingerprint density at radius 3 is 2.71 bits per heavy atom. The maximum Gasteiger partial charge on any atom is 0.248 e. The second-order valence-corrected chi connectivity index (χ2v) is 6.76. The van der Waals surface area contributed by atoms with Crippen LogP contribution in [0.1, 0.15) is 18.4 Å². The number of nitrogens with one attached hydrogen (secondary N) is 2. The average molecular weight is 328 g/mol. The first-order chi connectivity index (χ1) is 11.7. The Labute approximate surface area is 141 Å². The van der Waals surface area contributed by atoms with Crippen molar-refractivity contribution in [2.24, 2.45) is 5.92 Å². The Kier molecular flexibility index (Phi) is 3.97. The molecule has 8 nitrogen and oxygen atoms in total. The predicted octanol–water partition coefficient (Wildman–Crippen LogP) is 1.37. The number of nitrogen functional groups attached to an aromatic ring is 1. The van der Waals surface area contributed by atoms with Crippen LogP contribution in [0.15, 0.2) is 12.3 Å². The third-order valence-corrected chi connectivity index (χ3v) is 4.69. The molecule has 0 radical (unpaired) electrons. The second-order valence-electron chi connectivity index (χ2n) is 6.76. The minimum Gasteiger partial charge on any atom is -0.368 e. The minimum absolute atomic E-state index is 0.294. The zero-order chi connectivity index (χ0) is 16.5. The van der Waals surface area contributed by atoms with Gasteiger partial charge in [-0.25, -0.2) is 10.1 Å². The van der Waals surface area contributed by atoms with E-state index in [4.69, 9.17) is 5.73 Å². The van der Waals surface area contributed by atoms with Gasteiger partial charge in [0, 0.05) is 32.7 Å². The van der Waals surface area contributed by atoms with Crippen LogP contribution in [0.25, 0.3) is 0 Å². The van der Waals surface area contributed by atoms with Crippen LogP contribution in [-0.4, -0.2) is 57.8 Å². The molecule has 24 heavy (non-hydrogen) atoms. The Hall–Kier alpha value is -2.35. The summed E-state index contributed by atoms with van der Waals surface area (Å²) in [7, 11) is 0. The summed E-state index contributed by atoms with van der Waals surface area (Å²) in [6, 6.07) is 2.07. The van der Waals surface area contributed by atoms with E-state index in [-0.39, 0.29) is 0 Å². The van der Waals surface area contributed by atoms with Gasteiger partial charge in [0.05, 0.1) is 11.9 Å². The van der Waals surface area contributed by atoms with E-state index in [2.05, 4.69) is 48.3 Å². The first-order valence-corrected chi connectivity index (χ1v) is 8.56. The Morgan fingerprint density at radius 2 is 2.08 bits per heavy atom. The lowest BCUT2D eigenvalue weighted by molar-refractivity contribution is 0.247. The molecule has 0 atom stereocenters. The molecule has 128 valence electrons. The number of pyridine rings is 1. The van der Waals surface area contributed by atoms with Gasteiger partial charge in [-0.1, -0.05) is 0 Å². The molecule has 3 heterocycles. The lowest BCUT2D eigenvalue weighted by Gasteiger charge is -2.36. The molecule has 0 spiro atoms. The quantitative estimate of drug-likeness (QED) is 0.762. The number of aromatic nitrogens is 4. The van der Waals surface area contributed by atoms with Crippen molar-refractivity contribution in [1.82, 2.24) is 25.1 Å². The van der Waals surface area contributed by atoms with Crippen molar-refractivity contribution in [3.8, 4) is 0 Å². The number of H-pyrrole nitrogens is 1. The van der Waals surface area contributed by atoms with Crippen molar-refractivity contribution >= 4 is 23.4 Å². The van der Waals surface area contributed by atoms with Gasteiger partial charge in [0.2, 0.25) is 11.9 Å². The molecule has 1 saturated heterocycles. The lowest BCUT2D eigenvalue weighted by atomic mass is 10.2. The molecule has 1 aliphatic carbocycles. The Bertz CT molecular complexity index is 700. The second kappa shape index (κ2) is 6.27. The van der Waals surface area contributed by atoms with Crippen molar-refractivity contribution < 1.29 is 0 Å². The van der Waals surface area contributed by atoms with Gasteiger partial charge in [0.1, 0.15) is 5.82 Å². The van der Waals surface area contributed by atoms with Gasteiger partial charge in [-0.2, -0.15) is 4.98 Å². The fourth-order valence-electron chi connectivity index (χ4n) is 3.23. The highest BCUT2D eigenvalue weighted by atomic mass is 15.3. The summed E-state index contributed by atoms with van der Waals surface area (Å²) in [6.45, 7) is 7.73.